The summed E-state index contributed by atoms with van der Waals surface area (Å²) in [4.78, 5) is 40.2. The van der Waals surface area contributed by atoms with Crippen molar-refractivity contribution >= 4 is 29.4 Å². The van der Waals surface area contributed by atoms with Crippen molar-refractivity contribution in [2.24, 2.45) is 5.92 Å². The minimum atomic E-state index is -1.21. The number of carboxylic acids is 1. The summed E-state index contributed by atoms with van der Waals surface area (Å²) in [6, 6.07) is 9.47. The maximum atomic E-state index is 12.3. The smallest absolute Gasteiger partial charge is 0.418 e. The van der Waals surface area contributed by atoms with Gasteiger partial charge in [0, 0.05) is 6.20 Å². The second-order valence-electron chi connectivity index (χ2n) is 7.00. The van der Waals surface area contributed by atoms with Crippen LogP contribution in [-0.4, -0.2) is 50.2 Å². The highest BCUT2D eigenvalue weighted by molar-refractivity contribution is 6.06. The zero-order chi connectivity index (χ0) is 20.7. The van der Waals surface area contributed by atoms with Crippen LogP contribution in [0.3, 0.4) is 0 Å². The summed E-state index contributed by atoms with van der Waals surface area (Å²) in [6.45, 7) is 1.52. The predicted molar refractivity (Wildman–Crippen MR) is 102 cm³/mol. The normalized spacial score (nSPS) is 21.4. The molecule has 4 N–H and O–H groups in total. The summed E-state index contributed by atoms with van der Waals surface area (Å²) in [7, 11) is 0. The standard InChI is InChI=1S/C20H19N3O6/c1-10(24)16-14-9-13(17(19(26)27)23(14)18(16)25)11-4-2-5-12(8-11)29-20(28)22-15-6-3-7-21-15/h2-8,10,14,16,21,24H,9H2,1H3,(H,22,28)(H,26,27)/t10-,14-,16-/m1/s1. The molecule has 0 aliphatic carbocycles. The maximum absolute atomic E-state index is 12.3. The summed E-state index contributed by atoms with van der Waals surface area (Å²) >= 11 is 0. The van der Waals surface area contributed by atoms with Crippen LogP contribution in [0.25, 0.3) is 5.57 Å². The molecule has 0 unspecified atom stereocenters. The number of benzene rings is 1. The third-order valence-corrected chi connectivity index (χ3v) is 5.16. The van der Waals surface area contributed by atoms with Gasteiger partial charge in [0.05, 0.1) is 18.1 Å². The number of carboxylic acid groups (broad SMARTS) is 1. The second kappa shape index (κ2) is 7.10. The molecule has 3 heterocycles. The summed E-state index contributed by atoms with van der Waals surface area (Å²) in [5.41, 5.74) is 0.915. The molecule has 1 aromatic carbocycles. The number of aliphatic carboxylic acids is 1. The number of H-pyrrole nitrogens is 1. The molecule has 29 heavy (non-hydrogen) atoms. The molecule has 0 radical (unpaired) electrons. The van der Waals surface area contributed by atoms with Gasteiger partial charge >= 0.3 is 12.1 Å². The molecule has 2 amide bonds. The number of ether oxygens (including phenoxy) is 1. The lowest BCUT2D eigenvalue weighted by atomic mass is 9.82. The van der Waals surface area contributed by atoms with E-state index in [0.717, 1.165) is 0 Å². The van der Waals surface area contributed by atoms with Crippen LogP contribution in [0.1, 0.15) is 18.9 Å². The first-order chi connectivity index (χ1) is 13.9. The number of carbonyl (C=O) groups is 3. The highest BCUT2D eigenvalue weighted by Gasteiger charge is 2.56. The number of aliphatic hydroxyl groups excluding tert-OH is 1. The molecule has 4 rings (SSSR count). The average molecular weight is 397 g/mol. The Labute approximate surface area is 165 Å². The van der Waals surface area contributed by atoms with E-state index in [9.17, 15) is 24.6 Å². The monoisotopic (exact) mass is 397 g/mol. The molecule has 2 aliphatic heterocycles. The predicted octanol–water partition coefficient (Wildman–Crippen LogP) is 2.03. The summed E-state index contributed by atoms with van der Waals surface area (Å²) < 4.78 is 5.27. The van der Waals surface area contributed by atoms with Crippen molar-refractivity contribution < 1.29 is 29.3 Å². The average Bonchev–Trinajstić information content (AvgIpc) is 3.27. The van der Waals surface area contributed by atoms with Gasteiger partial charge in [-0.15, -0.1) is 0 Å². The number of carbonyl (C=O) groups excluding carboxylic acids is 2. The highest BCUT2D eigenvalue weighted by Crippen LogP contribution is 2.47. The molecule has 9 nitrogen and oxygen atoms in total. The van der Waals surface area contributed by atoms with Crippen LogP contribution in [0.2, 0.25) is 0 Å². The number of aliphatic hydroxyl groups is 1. The van der Waals surface area contributed by atoms with E-state index in [0.29, 0.717) is 23.4 Å². The number of β-lactam (4-membered cyclic amide) rings is 1. The first-order valence-corrected chi connectivity index (χ1v) is 9.07. The van der Waals surface area contributed by atoms with Crippen LogP contribution in [-0.2, 0) is 9.59 Å². The van der Waals surface area contributed by atoms with Crippen molar-refractivity contribution in [1.82, 2.24) is 9.88 Å². The van der Waals surface area contributed by atoms with Crippen LogP contribution >= 0.6 is 0 Å². The molecule has 2 aromatic rings. The van der Waals surface area contributed by atoms with Gasteiger partial charge in [-0.1, -0.05) is 12.1 Å². The molecule has 0 saturated carbocycles. The van der Waals surface area contributed by atoms with Gasteiger partial charge in [-0.2, -0.15) is 0 Å². The number of fused-ring (bicyclic) bond motifs is 1. The van der Waals surface area contributed by atoms with Crippen molar-refractivity contribution in [3.8, 4) is 5.75 Å². The molecule has 3 atom stereocenters. The zero-order valence-corrected chi connectivity index (χ0v) is 15.5. The van der Waals surface area contributed by atoms with E-state index < -0.39 is 30.0 Å². The van der Waals surface area contributed by atoms with E-state index in [1.165, 1.54) is 11.8 Å². The highest BCUT2D eigenvalue weighted by atomic mass is 16.6. The molecule has 1 aromatic heterocycles. The fourth-order valence-electron chi connectivity index (χ4n) is 3.92. The fraction of sp³-hybridized carbons (Fsp3) is 0.250. The number of nitrogens with zero attached hydrogens (tertiary/aromatic N) is 1. The molecule has 9 heteroatoms. The molecule has 1 saturated heterocycles. The summed E-state index contributed by atoms with van der Waals surface area (Å²) in [5, 5.41) is 22.0. The number of anilines is 1. The third kappa shape index (κ3) is 3.25. The van der Waals surface area contributed by atoms with E-state index in [-0.39, 0.29) is 17.5 Å². The van der Waals surface area contributed by atoms with Crippen LogP contribution in [0, 0.1) is 5.92 Å². The number of hydrogen-bond acceptors (Lipinski definition) is 5. The number of amides is 2. The first-order valence-electron chi connectivity index (χ1n) is 9.07. The number of hydrogen-bond donors (Lipinski definition) is 4. The van der Waals surface area contributed by atoms with E-state index in [1.54, 1.807) is 42.6 Å². The van der Waals surface area contributed by atoms with E-state index in [1.807, 2.05) is 0 Å². The Hall–Kier alpha value is -3.59. The summed E-state index contributed by atoms with van der Waals surface area (Å²) in [5.74, 6) is -1.51. The first kappa shape index (κ1) is 18.8. The second-order valence-corrected chi connectivity index (χ2v) is 7.00. The number of nitrogens with one attached hydrogen (secondary N) is 2. The van der Waals surface area contributed by atoms with Crippen LogP contribution in [0.4, 0.5) is 10.6 Å². The largest absolute Gasteiger partial charge is 0.477 e. The molecule has 0 bridgehead atoms. The molecule has 150 valence electrons. The SMILES string of the molecule is C[C@@H](O)[C@H]1C(=O)N2C(C(=O)O)=C(c3cccc(OC(=O)Nc4ccc[nH]4)c3)C[C@H]12. The van der Waals surface area contributed by atoms with Crippen LogP contribution in [0.5, 0.6) is 5.75 Å². The lowest BCUT2D eigenvalue weighted by molar-refractivity contribution is -0.161. The number of rotatable bonds is 5. The van der Waals surface area contributed by atoms with Gasteiger partial charge < -0.3 is 24.8 Å². The topological polar surface area (TPSA) is 132 Å². The van der Waals surface area contributed by atoms with Crippen LogP contribution < -0.4 is 10.1 Å². The van der Waals surface area contributed by atoms with Crippen molar-refractivity contribution in [1.29, 1.82) is 0 Å². The molecule has 1 fully saturated rings. The van der Waals surface area contributed by atoms with E-state index in [4.69, 9.17) is 4.74 Å². The van der Waals surface area contributed by atoms with Gasteiger partial charge in [-0.25, -0.2) is 9.59 Å². The lowest BCUT2D eigenvalue weighted by Gasteiger charge is -2.44. The Morgan fingerprint density at radius 2 is 2.10 bits per heavy atom. The Kier molecular flexibility index (Phi) is 4.59. The Bertz CT molecular complexity index is 1010. The minimum absolute atomic E-state index is 0.0927. The minimum Gasteiger partial charge on any atom is -0.477 e. The Morgan fingerprint density at radius 3 is 2.76 bits per heavy atom. The lowest BCUT2D eigenvalue weighted by Crippen LogP contribution is -2.61. The van der Waals surface area contributed by atoms with Gasteiger partial charge in [0.2, 0.25) is 5.91 Å². The Morgan fingerprint density at radius 1 is 1.31 bits per heavy atom. The number of aromatic nitrogens is 1. The molecular weight excluding hydrogens is 378 g/mol. The van der Waals surface area contributed by atoms with E-state index in [2.05, 4.69) is 10.3 Å². The third-order valence-electron chi connectivity index (χ3n) is 5.16. The van der Waals surface area contributed by atoms with Crippen molar-refractivity contribution in [3.63, 3.8) is 0 Å². The van der Waals surface area contributed by atoms with Crippen molar-refractivity contribution in [3.05, 3.63) is 53.9 Å². The quantitative estimate of drug-likeness (QED) is 0.571. The zero-order valence-electron chi connectivity index (χ0n) is 15.5. The Balaban J connectivity index is 1.58. The molecule has 0 spiro atoms. The fourth-order valence-corrected chi connectivity index (χ4v) is 3.92. The van der Waals surface area contributed by atoms with Gasteiger partial charge in [0.15, 0.2) is 0 Å². The van der Waals surface area contributed by atoms with Crippen molar-refractivity contribution in [2.75, 3.05) is 5.32 Å². The van der Waals surface area contributed by atoms with Gasteiger partial charge in [0.1, 0.15) is 17.3 Å². The molecular formula is C20H19N3O6. The summed E-state index contributed by atoms with van der Waals surface area (Å²) in [6.07, 6.45) is 0.407. The van der Waals surface area contributed by atoms with Gasteiger partial charge in [-0.3, -0.25) is 10.1 Å². The van der Waals surface area contributed by atoms with Gasteiger partial charge in [-0.05, 0) is 48.7 Å². The van der Waals surface area contributed by atoms with Gasteiger partial charge in [0.25, 0.3) is 0 Å². The van der Waals surface area contributed by atoms with Crippen molar-refractivity contribution in [2.45, 2.75) is 25.5 Å². The van der Waals surface area contributed by atoms with E-state index >= 15 is 0 Å². The molecule has 2 aliphatic rings. The number of aromatic amines is 1. The maximum Gasteiger partial charge on any atom is 0.418 e. The van der Waals surface area contributed by atoms with Crippen LogP contribution in [0.15, 0.2) is 48.3 Å².